The molecule has 1 aliphatic heterocycles. The van der Waals surface area contributed by atoms with Gasteiger partial charge in [-0.15, -0.1) is 11.3 Å². The lowest BCUT2D eigenvalue weighted by Gasteiger charge is -2.20. The van der Waals surface area contributed by atoms with Crippen molar-refractivity contribution in [3.8, 4) is 0 Å². The number of nitrogens with one attached hydrogen (secondary N) is 1. The smallest absolute Gasteiger partial charge is 0.281 e. The molecule has 25 heavy (non-hydrogen) atoms. The van der Waals surface area contributed by atoms with Crippen LogP contribution in [-0.4, -0.2) is 59.2 Å². The highest BCUT2D eigenvalue weighted by atomic mass is 32.2. The van der Waals surface area contributed by atoms with Crippen molar-refractivity contribution in [3.63, 3.8) is 0 Å². The first-order valence-electron chi connectivity index (χ1n) is 7.98. The van der Waals surface area contributed by atoms with Crippen LogP contribution in [0.3, 0.4) is 0 Å². The Morgan fingerprint density at radius 3 is 2.72 bits per heavy atom. The number of aryl methyl sites for hydroxylation is 2. The third-order valence-electron chi connectivity index (χ3n) is 4.03. The van der Waals surface area contributed by atoms with Crippen molar-refractivity contribution in [2.75, 3.05) is 32.5 Å². The van der Waals surface area contributed by atoms with Crippen LogP contribution < -0.4 is 5.32 Å². The van der Waals surface area contributed by atoms with Crippen molar-refractivity contribution < 1.29 is 8.42 Å². The maximum atomic E-state index is 12.3. The van der Waals surface area contributed by atoms with E-state index in [0.29, 0.717) is 31.2 Å². The monoisotopic (exact) mass is 382 g/mol. The molecule has 3 heterocycles. The van der Waals surface area contributed by atoms with Gasteiger partial charge >= 0.3 is 0 Å². The summed E-state index contributed by atoms with van der Waals surface area (Å²) in [6, 6.07) is 1.86. The quantitative estimate of drug-likeness (QED) is 0.849. The van der Waals surface area contributed by atoms with Gasteiger partial charge in [-0.25, -0.2) is 15.0 Å². The molecule has 3 rings (SSSR count). The van der Waals surface area contributed by atoms with Crippen LogP contribution in [0.15, 0.2) is 12.3 Å². The van der Waals surface area contributed by atoms with Crippen LogP contribution in [0, 0.1) is 13.8 Å². The van der Waals surface area contributed by atoms with Gasteiger partial charge < -0.3 is 5.32 Å². The topological polar surface area (TPSA) is 91.3 Å². The number of nitrogens with zero attached hydrogens (tertiary/aromatic N) is 5. The van der Waals surface area contributed by atoms with E-state index >= 15 is 0 Å². The van der Waals surface area contributed by atoms with E-state index in [4.69, 9.17) is 0 Å². The molecule has 0 spiro atoms. The Balaban J connectivity index is 1.79. The summed E-state index contributed by atoms with van der Waals surface area (Å²) in [5, 5.41) is 3.99. The highest BCUT2D eigenvalue weighted by molar-refractivity contribution is 7.86. The molecule has 1 N–H and O–H groups in total. The van der Waals surface area contributed by atoms with Crippen molar-refractivity contribution in [3.05, 3.63) is 28.7 Å². The Morgan fingerprint density at radius 2 is 2.08 bits per heavy atom. The van der Waals surface area contributed by atoms with Gasteiger partial charge in [-0.2, -0.15) is 17.0 Å². The van der Waals surface area contributed by atoms with Crippen LogP contribution in [0.25, 0.3) is 0 Å². The first-order chi connectivity index (χ1) is 11.8. The molecule has 1 atom stereocenters. The first kappa shape index (κ1) is 18.2. The number of aromatic nitrogens is 3. The zero-order valence-electron chi connectivity index (χ0n) is 14.7. The Kier molecular flexibility index (Phi) is 5.05. The van der Waals surface area contributed by atoms with Crippen LogP contribution in [-0.2, 0) is 10.2 Å². The molecule has 2 aromatic heterocycles. The van der Waals surface area contributed by atoms with Crippen molar-refractivity contribution >= 4 is 32.5 Å². The molecule has 0 aromatic carbocycles. The first-order valence-corrected chi connectivity index (χ1v) is 10.2. The lowest BCUT2D eigenvalue weighted by molar-refractivity contribution is 0.418. The Labute approximate surface area is 152 Å². The predicted octanol–water partition coefficient (Wildman–Crippen LogP) is 1.89. The van der Waals surface area contributed by atoms with E-state index in [-0.39, 0.29) is 5.92 Å². The van der Waals surface area contributed by atoms with Gasteiger partial charge in [0.05, 0.1) is 0 Å². The number of hydrogen-bond acceptors (Lipinski definition) is 7. The summed E-state index contributed by atoms with van der Waals surface area (Å²) in [5.74, 6) is 1.35. The fourth-order valence-corrected chi connectivity index (χ4v) is 4.58. The van der Waals surface area contributed by atoms with Gasteiger partial charge in [0.2, 0.25) is 0 Å². The summed E-state index contributed by atoms with van der Waals surface area (Å²) in [6.07, 6.45) is 2.52. The third-order valence-corrected chi connectivity index (χ3v) is 6.77. The van der Waals surface area contributed by atoms with Crippen LogP contribution in [0.1, 0.15) is 28.7 Å². The summed E-state index contributed by atoms with van der Waals surface area (Å²) in [6.45, 7) is 4.79. The van der Waals surface area contributed by atoms with E-state index in [1.54, 1.807) is 25.4 Å². The Bertz CT molecular complexity index is 865. The molecule has 8 nitrogen and oxygen atoms in total. The molecule has 0 radical (unpaired) electrons. The summed E-state index contributed by atoms with van der Waals surface area (Å²) in [5.41, 5.74) is 0.842. The maximum absolute atomic E-state index is 12.3. The molecule has 1 fully saturated rings. The number of anilines is 2. The second-order valence-corrected chi connectivity index (χ2v) is 9.66. The predicted molar refractivity (Wildman–Crippen MR) is 98.4 cm³/mol. The third kappa shape index (κ3) is 3.97. The van der Waals surface area contributed by atoms with E-state index in [2.05, 4.69) is 20.3 Å². The van der Waals surface area contributed by atoms with Gasteiger partial charge in [-0.1, -0.05) is 0 Å². The van der Waals surface area contributed by atoms with Gasteiger partial charge in [0.15, 0.2) is 5.13 Å². The average molecular weight is 383 g/mol. The molecule has 10 heteroatoms. The SMILES string of the molecule is Cc1cc(Nc2ncc(C)s2)nc(C2CCN(S(=O)(=O)N(C)C)C2)n1. The molecule has 0 aliphatic carbocycles. The molecular weight excluding hydrogens is 360 g/mol. The van der Waals surface area contributed by atoms with E-state index in [1.807, 2.05) is 26.1 Å². The van der Waals surface area contributed by atoms with Gasteiger partial charge in [0, 0.05) is 55.9 Å². The standard InChI is InChI=1S/C15H22N6O2S2/c1-10-7-13(19-15-16-8-11(2)24-15)18-14(17-10)12-5-6-21(9-12)25(22,23)20(3)4/h7-8,12H,5-6,9H2,1-4H3,(H,16,17,18,19). The Hall–Kier alpha value is -1.62. The molecule has 1 aliphatic rings. The van der Waals surface area contributed by atoms with Gasteiger partial charge in [-0.05, 0) is 20.3 Å². The fourth-order valence-electron chi connectivity index (χ4n) is 2.74. The number of rotatable bonds is 5. The summed E-state index contributed by atoms with van der Waals surface area (Å²) >= 11 is 1.56. The molecule has 0 bridgehead atoms. The van der Waals surface area contributed by atoms with Crippen molar-refractivity contribution in [2.24, 2.45) is 0 Å². The second-order valence-electron chi connectivity index (χ2n) is 6.29. The number of hydrogen-bond donors (Lipinski definition) is 1. The number of thiazole rings is 1. The molecule has 1 unspecified atom stereocenters. The zero-order chi connectivity index (χ0) is 18.2. The molecular formula is C15H22N6O2S2. The summed E-state index contributed by atoms with van der Waals surface area (Å²) < 4.78 is 27.3. The molecule has 2 aromatic rings. The Morgan fingerprint density at radius 1 is 1.32 bits per heavy atom. The largest absolute Gasteiger partial charge is 0.316 e. The van der Waals surface area contributed by atoms with E-state index in [9.17, 15) is 8.42 Å². The second kappa shape index (κ2) is 6.94. The highest BCUT2D eigenvalue weighted by Gasteiger charge is 2.34. The lowest BCUT2D eigenvalue weighted by Crippen LogP contribution is -2.38. The minimum Gasteiger partial charge on any atom is -0.316 e. The van der Waals surface area contributed by atoms with E-state index in [0.717, 1.165) is 15.7 Å². The lowest BCUT2D eigenvalue weighted by atomic mass is 10.1. The minimum absolute atomic E-state index is 0.00629. The molecule has 0 amide bonds. The van der Waals surface area contributed by atoms with Gasteiger partial charge in [-0.3, -0.25) is 0 Å². The molecule has 0 saturated carbocycles. The van der Waals surface area contributed by atoms with Crippen LogP contribution in [0.4, 0.5) is 10.9 Å². The molecule has 136 valence electrons. The van der Waals surface area contributed by atoms with Crippen LogP contribution >= 0.6 is 11.3 Å². The van der Waals surface area contributed by atoms with Gasteiger partial charge in [0.1, 0.15) is 11.6 Å². The van der Waals surface area contributed by atoms with Crippen molar-refractivity contribution in [2.45, 2.75) is 26.2 Å². The van der Waals surface area contributed by atoms with E-state index < -0.39 is 10.2 Å². The van der Waals surface area contributed by atoms with Crippen molar-refractivity contribution in [1.82, 2.24) is 23.6 Å². The van der Waals surface area contributed by atoms with Crippen molar-refractivity contribution in [1.29, 1.82) is 0 Å². The average Bonchev–Trinajstić information content (AvgIpc) is 3.16. The van der Waals surface area contributed by atoms with Gasteiger partial charge in [0.25, 0.3) is 10.2 Å². The minimum atomic E-state index is -3.40. The highest BCUT2D eigenvalue weighted by Crippen LogP contribution is 2.29. The molecule has 1 saturated heterocycles. The summed E-state index contributed by atoms with van der Waals surface area (Å²) in [4.78, 5) is 14.5. The van der Waals surface area contributed by atoms with E-state index in [1.165, 1.54) is 8.61 Å². The van der Waals surface area contributed by atoms with Crippen LogP contribution in [0.2, 0.25) is 0 Å². The fraction of sp³-hybridized carbons (Fsp3) is 0.533. The maximum Gasteiger partial charge on any atom is 0.281 e. The van der Waals surface area contributed by atoms with Crippen LogP contribution in [0.5, 0.6) is 0 Å². The zero-order valence-corrected chi connectivity index (χ0v) is 16.4. The normalized spacial score (nSPS) is 18.8. The summed E-state index contributed by atoms with van der Waals surface area (Å²) in [7, 11) is -0.305.